The van der Waals surface area contributed by atoms with Crippen LogP contribution >= 0.6 is 0 Å². The van der Waals surface area contributed by atoms with E-state index in [1.807, 2.05) is 48.5 Å². The number of rotatable bonds is 7. The molecule has 0 radical (unpaired) electrons. The molecular weight excluding hydrogens is 338 g/mol. The van der Waals surface area contributed by atoms with Gasteiger partial charge < -0.3 is 10.1 Å². The summed E-state index contributed by atoms with van der Waals surface area (Å²) in [6.07, 6.45) is 4.55. The maximum absolute atomic E-state index is 12.2. The van der Waals surface area contributed by atoms with Gasteiger partial charge in [0, 0.05) is 18.9 Å². The van der Waals surface area contributed by atoms with E-state index in [1.165, 1.54) is 11.1 Å². The minimum atomic E-state index is -0.410. The van der Waals surface area contributed by atoms with Gasteiger partial charge in [-0.15, -0.1) is 0 Å². The van der Waals surface area contributed by atoms with Crippen molar-refractivity contribution < 1.29 is 14.3 Å². The summed E-state index contributed by atoms with van der Waals surface area (Å²) in [4.78, 5) is 24.0. The fraction of sp³-hybridized carbons (Fsp3) is 0.304. The summed E-state index contributed by atoms with van der Waals surface area (Å²) >= 11 is 0. The molecule has 1 aliphatic rings. The second kappa shape index (κ2) is 9.72. The first-order valence-electron chi connectivity index (χ1n) is 9.41. The molecule has 1 aliphatic carbocycles. The van der Waals surface area contributed by atoms with Crippen LogP contribution in [0.15, 0.2) is 72.3 Å². The minimum absolute atomic E-state index is 0.0545. The topological polar surface area (TPSA) is 55.4 Å². The number of alkyl carbamates (subject to hydrolysis) is 1. The van der Waals surface area contributed by atoms with Gasteiger partial charge >= 0.3 is 6.09 Å². The molecule has 27 heavy (non-hydrogen) atoms. The minimum Gasteiger partial charge on any atom is -0.445 e. The van der Waals surface area contributed by atoms with Gasteiger partial charge in [0.05, 0.1) is 0 Å². The molecule has 4 nitrogen and oxygen atoms in total. The Bertz CT molecular complexity index is 784. The standard InChI is InChI=1S/C23H25NO3/c25-22-12-11-19(16-21(22)15-18-7-3-1-4-8-18)13-14-24-23(26)27-17-20-9-5-2-6-10-20/h1-10,16,21H,11-15,17H2,(H,24,26). The van der Waals surface area contributed by atoms with E-state index in [2.05, 4.69) is 23.5 Å². The highest BCUT2D eigenvalue weighted by molar-refractivity contribution is 5.84. The zero-order valence-corrected chi connectivity index (χ0v) is 15.4. The first kappa shape index (κ1) is 18.9. The van der Waals surface area contributed by atoms with Crippen molar-refractivity contribution in [2.45, 2.75) is 32.3 Å². The normalized spacial score (nSPS) is 16.5. The molecule has 4 heteroatoms. The highest BCUT2D eigenvalue weighted by Gasteiger charge is 2.22. The molecule has 1 N–H and O–H groups in total. The Morgan fingerprint density at radius 2 is 1.63 bits per heavy atom. The Morgan fingerprint density at radius 1 is 0.963 bits per heavy atom. The first-order chi connectivity index (χ1) is 13.2. The van der Waals surface area contributed by atoms with Gasteiger partial charge in [0.25, 0.3) is 0 Å². The third-order valence-corrected chi connectivity index (χ3v) is 4.77. The first-order valence-corrected chi connectivity index (χ1v) is 9.41. The predicted octanol–water partition coefficient (Wildman–Crippen LogP) is 4.45. The molecule has 0 bridgehead atoms. The molecule has 0 saturated heterocycles. The summed E-state index contributed by atoms with van der Waals surface area (Å²) in [5, 5.41) is 2.79. The fourth-order valence-corrected chi connectivity index (χ4v) is 3.28. The molecule has 0 fully saturated rings. The lowest BCUT2D eigenvalue weighted by Crippen LogP contribution is -2.26. The van der Waals surface area contributed by atoms with Crippen molar-refractivity contribution in [2.75, 3.05) is 6.54 Å². The van der Waals surface area contributed by atoms with Crippen LogP contribution in [0.25, 0.3) is 0 Å². The monoisotopic (exact) mass is 363 g/mol. The number of nitrogens with one attached hydrogen (secondary N) is 1. The highest BCUT2D eigenvalue weighted by Crippen LogP contribution is 2.25. The number of amides is 1. The second-order valence-electron chi connectivity index (χ2n) is 6.83. The van der Waals surface area contributed by atoms with E-state index in [4.69, 9.17) is 4.74 Å². The van der Waals surface area contributed by atoms with E-state index in [-0.39, 0.29) is 12.5 Å². The molecule has 140 valence electrons. The second-order valence-corrected chi connectivity index (χ2v) is 6.83. The van der Waals surface area contributed by atoms with Gasteiger partial charge in [-0.2, -0.15) is 0 Å². The number of ketones is 1. The van der Waals surface area contributed by atoms with E-state index in [1.54, 1.807) is 0 Å². The summed E-state index contributed by atoms with van der Waals surface area (Å²) < 4.78 is 5.21. The molecule has 0 spiro atoms. The van der Waals surface area contributed by atoms with Crippen molar-refractivity contribution in [3.05, 3.63) is 83.4 Å². The zero-order valence-electron chi connectivity index (χ0n) is 15.4. The third-order valence-electron chi connectivity index (χ3n) is 4.77. The number of hydrogen-bond donors (Lipinski definition) is 1. The summed E-state index contributed by atoms with van der Waals surface area (Å²) in [6, 6.07) is 19.7. The Hall–Kier alpha value is -2.88. The van der Waals surface area contributed by atoms with Gasteiger partial charge in [0.2, 0.25) is 0 Å². The van der Waals surface area contributed by atoms with Gasteiger partial charge in [-0.3, -0.25) is 4.79 Å². The molecule has 0 aliphatic heterocycles. The maximum atomic E-state index is 12.2. The van der Waals surface area contributed by atoms with Gasteiger partial charge in [-0.05, 0) is 30.4 Å². The molecule has 0 heterocycles. The molecule has 0 aromatic heterocycles. The molecule has 2 aromatic rings. The number of hydrogen-bond acceptors (Lipinski definition) is 3. The van der Waals surface area contributed by atoms with Gasteiger partial charge in [-0.1, -0.05) is 72.3 Å². The predicted molar refractivity (Wildman–Crippen MR) is 105 cm³/mol. The van der Waals surface area contributed by atoms with Gasteiger partial charge in [0.1, 0.15) is 12.4 Å². The Morgan fingerprint density at radius 3 is 2.33 bits per heavy atom. The Kier molecular flexibility index (Phi) is 6.80. The Balaban J connectivity index is 1.43. The number of ether oxygens (including phenoxy) is 1. The summed E-state index contributed by atoms with van der Waals surface area (Å²) in [5.41, 5.74) is 3.37. The number of allylic oxidation sites excluding steroid dienone is 1. The molecular formula is C23H25NO3. The molecule has 1 amide bonds. The average Bonchev–Trinajstić information content (AvgIpc) is 2.70. The number of carbonyl (C=O) groups is 2. The number of benzene rings is 2. The van der Waals surface area contributed by atoms with Crippen LogP contribution in [0.1, 0.15) is 30.4 Å². The molecule has 2 aromatic carbocycles. The van der Waals surface area contributed by atoms with Crippen molar-refractivity contribution in [1.82, 2.24) is 5.32 Å². The van der Waals surface area contributed by atoms with Crippen LogP contribution in [0.2, 0.25) is 0 Å². The van der Waals surface area contributed by atoms with Crippen LogP contribution in [0.3, 0.4) is 0 Å². The third kappa shape index (κ3) is 6.10. The van der Waals surface area contributed by atoms with Crippen molar-refractivity contribution in [2.24, 2.45) is 5.92 Å². The molecule has 1 atom stereocenters. The summed E-state index contributed by atoms with van der Waals surface area (Å²) in [5.74, 6) is 0.249. The summed E-state index contributed by atoms with van der Waals surface area (Å²) in [6.45, 7) is 0.786. The maximum Gasteiger partial charge on any atom is 0.407 e. The summed E-state index contributed by atoms with van der Waals surface area (Å²) in [7, 11) is 0. The van der Waals surface area contributed by atoms with Crippen LogP contribution in [-0.4, -0.2) is 18.4 Å². The smallest absolute Gasteiger partial charge is 0.407 e. The highest BCUT2D eigenvalue weighted by atomic mass is 16.5. The van der Waals surface area contributed by atoms with Crippen LogP contribution in [0, 0.1) is 5.92 Å². The Labute approximate surface area is 160 Å². The van der Waals surface area contributed by atoms with Crippen LogP contribution in [0.5, 0.6) is 0 Å². The molecule has 1 unspecified atom stereocenters. The SMILES string of the molecule is O=C(NCCC1=CC(Cc2ccccc2)C(=O)CC1)OCc1ccccc1. The largest absolute Gasteiger partial charge is 0.445 e. The van der Waals surface area contributed by atoms with E-state index >= 15 is 0 Å². The van der Waals surface area contributed by atoms with Crippen molar-refractivity contribution in [1.29, 1.82) is 0 Å². The van der Waals surface area contributed by atoms with Crippen molar-refractivity contribution in [3.63, 3.8) is 0 Å². The number of carbonyl (C=O) groups excluding carboxylic acids is 2. The average molecular weight is 363 g/mol. The molecule has 0 saturated carbocycles. The lowest BCUT2D eigenvalue weighted by molar-refractivity contribution is -0.121. The van der Waals surface area contributed by atoms with E-state index in [9.17, 15) is 9.59 Å². The van der Waals surface area contributed by atoms with Gasteiger partial charge in [0.15, 0.2) is 0 Å². The fourth-order valence-electron chi connectivity index (χ4n) is 3.28. The van der Waals surface area contributed by atoms with E-state index < -0.39 is 6.09 Å². The lowest BCUT2D eigenvalue weighted by Gasteiger charge is -2.20. The molecule has 3 rings (SSSR count). The van der Waals surface area contributed by atoms with Crippen LogP contribution in [0.4, 0.5) is 4.79 Å². The van der Waals surface area contributed by atoms with Crippen LogP contribution in [-0.2, 0) is 22.6 Å². The van der Waals surface area contributed by atoms with Crippen LogP contribution < -0.4 is 5.32 Å². The zero-order chi connectivity index (χ0) is 18.9. The van der Waals surface area contributed by atoms with Crippen molar-refractivity contribution in [3.8, 4) is 0 Å². The lowest BCUT2D eigenvalue weighted by atomic mass is 9.84. The quantitative estimate of drug-likeness (QED) is 0.740. The van der Waals surface area contributed by atoms with E-state index in [0.29, 0.717) is 18.7 Å². The van der Waals surface area contributed by atoms with Gasteiger partial charge in [-0.25, -0.2) is 4.79 Å². The van der Waals surface area contributed by atoms with Crippen molar-refractivity contribution >= 4 is 11.9 Å². The number of Topliss-reactive ketones (excluding diaryl/α,β-unsaturated/α-hetero) is 1. The van der Waals surface area contributed by atoms with E-state index in [0.717, 1.165) is 24.8 Å².